The van der Waals surface area contributed by atoms with Crippen LogP contribution < -0.4 is 0 Å². The lowest BCUT2D eigenvalue weighted by Crippen LogP contribution is -2.38. The van der Waals surface area contributed by atoms with Gasteiger partial charge in [-0.2, -0.15) is 0 Å². The molecule has 0 aliphatic heterocycles. The lowest BCUT2D eigenvalue weighted by molar-refractivity contribution is 0.0286. The second kappa shape index (κ2) is 52.2. The molecule has 0 heterocycles. The maximum absolute atomic E-state index is 2.42. The Labute approximate surface area is 571 Å². The highest BCUT2D eigenvalue weighted by Crippen LogP contribution is 2.50. The zero-order valence-electron chi connectivity index (χ0n) is 69.0. The van der Waals surface area contributed by atoms with E-state index in [-0.39, 0.29) is 0 Å². The minimum absolute atomic E-state index is 0.550. The molecule has 8 rings (SSSR count). The summed E-state index contributed by atoms with van der Waals surface area (Å²) >= 11 is 0. The van der Waals surface area contributed by atoms with Gasteiger partial charge in [-0.1, -0.05) is 420 Å². The van der Waals surface area contributed by atoms with Crippen molar-refractivity contribution in [2.75, 3.05) is 0 Å². The Morgan fingerprint density at radius 1 is 0.382 bits per heavy atom. The zero-order chi connectivity index (χ0) is 69.0. The molecule has 5 atom stereocenters. The minimum Gasteiger partial charge on any atom is -0.0654 e. The van der Waals surface area contributed by atoms with Gasteiger partial charge in [0.1, 0.15) is 0 Å². The second-order valence-electron chi connectivity index (χ2n) is 37.7. The predicted octanol–water partition coefficient (Wildman–Crippen LogP) is 32.6. The predicted molar refractivity (Wildman–Crippen MR) is 416 cm³/mol. The minimum atomic E-state index is 0.550. The average Bonchev–Trinajstić information content (AvgIpc) is 4.40. The van der Waals surface area contributed by atoms with Crippen LogP contribution >= 0.6 is 0 Å². The molecule has 8 saturated carbocycles. The van der Waals surface area contributed by atoms with Crippen LogP contribution in [0.1, 0.15) is 459 Å². The standard InChI is InChI=1S/C11H22.3C9H18.2C8H16.2C7H14.3C7H16/c1-9-10(2,3)7-6-8-11(9,4)5;1-8-4-6-9(2,3)7-5-8;1-8-6-4-5-7-9(8,2)3;1-7-5-4-6-8(2)9(7)3;1-7-5-3-4-6-8(7)2;1-7(2)8-5-3-4-6-8;1-6(2)7-4-3-5-7;1-2-7-5-3-4-6-7;1-5-6-7(2,3)4;1-4-5-6-7(2)3;1-4-7(5-2)6-3/h9H,6-8H2,1-5H3;2*8H,4-7H2,1-3H3;7-9H,4-6H2,1-3H3;2*7-8H,3-6H2,1-2H3;6-7H,3-5H2,1-2H3;7H,2-6H2,1H3;5-6H2,1-4H3;2*7H,4-6H2,1-3H3/t;;8-;;7-,8?;;;;;;/m..1.1....../s1. The largest absolute Gasteiger partial charge is 0.0654 e. The third-order valence-corrected chi connectivity index (χ3v) is 25.7. The first-order chi connectivity index (χ1) is 41.3. The number of hydrogen-bond donors (Lipinski definition) is 0. The first-order valence-electron chi connectivity index (χ1n) is 41.3. The number of hydrogen-bond acceptors (Lipinski definition) is 0. The third-order valence-electron chi connectivity index (χ3n) is 25.7. The van der Waals surface area contributed by atoms with Crippen LogP contribution in [0.15, 0.2) is 0 Å². The van der Waals surface area contributed by atoms with E-state index in [0.29, 0.717) is 27.1 Å². The average molecular weight is 1250 g/mol. The van der Waals surface area contributed by atoms with Crippen molar-refractivity contribution in [3.05, 3.63) is 0 Å². The van der Waals surface area contributed by atoms with Gasteiger partial charge in [0.15, 0.2) is 0 Å². The fourth-order valence-electron chi connectivity index (χ4n) is 15.4. The van der Waals surface area contributed by atoms with Gasteiger partial charge in [0.25, 0.3) is 0 Å². The quantitative estimate of drug-likeness (QED) is 0.205. The van der Waals surface area contributed by atoms with Gasteiger partial charge < -0.3 is 0 Å². The van der Waals surface area contributed by atoms with Crippen LogP contribution in [0, 0.1) is 116 Å². The van der Waals surface area contributed by atoms with Crippen molar-refractivity contribution in [3.63, 3.8) is 0 Å². The molecular formula is C89H184. The summed E-state index contributed by atoms with van der Waals surface area (Å²) in [5, 5.41) is 0. The van der Waals surface area contributed by atoms with E-state index in [2.05, 4.69) is 215 Å². The van der Waals surface area contributed by atoms with Crippen molar-refractivity contribution < 1.29 is 0 Å². The summed E-state index contributed by atoms with van der Waals surface area (Å²) in [5.74, 6) is 14.8. The molecule has 3 unspecified atom stereocenters. The van der Waals surface area contributed by atoms with E-state index in [1.165, 1.54) is 244 Å². The molecule has 0 nitrogen and oxygen atoms in total. The normalized spacial score (nSPS) is 26.5. The molecule has 0 heteroatoms. The first kappa shape index (κ1) is 93.2. The highest BCUT2D eigenvalue weighted by molar-refractivity contribution is 4.90. The van der Waals surface area contributed by atoms with Crippen molar-refractivity contribution in [2.45, 2.75) is 459 Å². The van der Waals surface area contributed by atoms with E-state index in [0.717, 1.165) is 88.8 Å². The van der Waals surface area contributed by atoms with Gasteiger partial charge in [0.2, 0.25) is 0 Å². The van der Waals surface area contributed by atoms with Gasteiger partial charge in [0.05, 0.1) is 0 Å². The molecule has 89 heavy (non-hydrogen) atoms. The first-order valence-corrected chi connectivity index (χ1v) is 41.3. The van der Waals surface area contributed by atoms with E-state index in [1.807, 2.05) is 0 Å². The van der Waals surface area contributed by atoms with E-state index in [4.69, 9.17) is 0 Å². The van der Waals surface area contributed by atoms with Crippen molar-refractivity contribution in [3.8, 4) is 0 Å². The second-order valence-corrected chi connectivity index (χ2v) is 37.7. The number of rotatable bonds is 10. The summed E-state index contributed by atoms with van der Waals surface area (Å²) in [6.45, 7) is 72.6. The molecule has 8 aliphatic rings. The van der Waals surface area contributed by atoms with E-state index in [1.54, 1.807) is 0 Å². The van der Waals surface area contributed by atoms with Crippen LogP contribution in [0.2, 0.25) is 0 Å². The fraction of sp³-hybridized carbons (Fsp3) is 1.00. The molecule has 0 spiro atoms. The monoisotopic (exact) mass is 1250 g/mol. The van der Waals surface area contributed by atoms with Gasteiger partial charge in [-0.25, -0.2) is 0 Å². The molecule has 8 aliphatic carbocycles. The molecule has 0 aromatic heterocycles. The van der Waals surface area contributed by atoms with E-state index in [9.17, 15) is 0 Å². The summed E-state index contributed by atoms with van der Waals surface area (Å²) < 4.78 is 0. The van der Waals surface area contributed by atoms with Gasteiger partial charge in [0, 0.05) is 0 Å². The molecule has 8 fully saturated rings. The van der Waals surface area contributed by atoms with Crippen LogP contribution in [0.4, 0.5) is 0 Å². The van der Waals surface area contributed by atoms with Crippen LogP contribution in [-0.4, -0.2) is 0 Å². The molecule has 0 radical (unpaired) electrons. The molecule has 0 bridgehead atoms. The van der Waals surface area contributed by atoms with Crippen molar-refractivity contribution in [1.29, 1.82) is 0 Å². The zero-order valence-corrected chi connectivity index (χ0v) is 69.0. The Kier molecular flexibility index (Phi) is 54.6. The molecule has 0 aromatic carbocycles. The summed E-state index contributed by atoms with van der Waals surface area (Å²) in [4.78, 5) is 0. The Morgan fingerprint density at radius 3 is 0.966 bits per heavy atom. The van der Waals surface area contributed by atoms with Crippen LogP contribution in [-0.2, 0) is 0 Å². The molecular weight excluding hydrogens is 1070 g/mol. The Morgan fingerprint density at radius 2 is 0.753 bits per heavy atom. The van der Waals surface area contributed by atoms with Crippen LogP contribution in [0.3, 0.4) is 0 Å². The summed E-state index contributed by atoms with van der Waals surface area (Å²) in [5.41, 5.74) is 2.99. The maximum Gasteiger partial charge on any atom is -0.0323 e. The van der Waals surface area contributed by atoms with E-state index >= 15 is 0 Å². The Bertz CT molecular complexity index is 1430. The highest BCUT2D eigenvalue weighted by Gasteiger charge is 2.40. The number of unbranched alkanes of at least 4 members (excludes halogenated alkanes) is 1. The maximum atomic E-state index is 2.42. The lowest BCUT2D eigenvalue weighted by Gasteiger charge is -2.47. The van der Waals surface area contributed by atoms with Crippen molar-refractivity contribution in [2.24, 2.45) is 116 Å². The summed E-state index contributed by atoms with van der Waals surface area (Å²) in [6.07, 6.45) is 54.9. The molecule has 540 valence electrons. The molecule has 0 N–H and O–H groups in total. The Balaban J connectivity index is -0.000000917. The summed E-state index contributed by atoms with van der Waals surface area (Å²) in [7, 11) is 0. The van der Waals surface area contributed by atoms with E-state index < -0.39 is 0 Å². The topological polar surface area (TPSA) is 0 Å². The van der Waals surface area contributed by atoms with Crippen molar-refractivity contribution in [1.82, 2.24) is 0 Å². The Hall–Kier alpha value is 0. The highest BCUT2D eigenvalue weighted by atomic mass is 14.5. The van der Waals surface area contributed by atoms with Crippen molar-refractivity contribution >= 4 is 0 Å². The van der Waals surface area contributed by atoms with Crippen LogP contribution in [0.5, 0.6) is 0 Å². The SMILES string of the molecule is CC(C)C1CCC1.CC(C)C1CCCC1.CC1C(C)(C)CCCC1(C)C.CC1CCC(C)(C)CC1.CC1CCCC(C)C1C.CC1CCCC[C@H]1C.CCC(CC)CC.CCC1CCCC1.CCCC(C)(C)C.CCCCC(C)C.C[C@@H]1CCCCC1(C)C. The molecule has 0 amide bonds. The van der Waals surface area contributed by atoms with Gasteiger partial charge >= 0.3 is 0 Å². The molecule has 0 aromatic rings. The fourth-order valence-corrected chi connectivity index (χ4v) is 15.4. The van der Waals surface area contributed by atoms with Gasteiger partial charge in [-0.15, -0.1) is 0 Å². The lowest BCUT2D eigenvalue weighted by atomic mass is 9.58. The summed E-state index contributed by atoms with van der Waals surface area (Å²) in [6, 6.07) is 0. The van der Waals surface area contributed by atoms with Gasteiger partial charge in [-0.05, 0) is 154 Å². The third kappa shape index (κ3) is 49.2. The molecule has 0 saturated heterocycles. The smallest absolute Gasteiger partial charge is 0.0323 e. The van der Waals surface area contributed by atoms with Crippen LogP contribution in [0.25, 0.3) is 0 Å². The van der Waals surface area contributed by atoms with Gasteiger partial charge in [-0.3, -0.25) is 0 Å².